The standard InChI is InChI=1S/C9H12N4O3/c1-6(8(14)15)4-13(9(10)16)7-2-11-5-12-3-7/h2-3,5-6H,4H2,1H3,(H2,10,16)(H,14,15). The topological polar surface area (TPSA) is 109 Å². The number of carbonyl (C=O) groups is 2. The molecule has 0 spiro atoms. The monoisotopic (exact) mass is 224 g/mol. The largest absolute Gasteiger partial charge is 0.481 e. The smallest absolute Gasteiger partial charge is 0.319 e. The summed E-state index contributed by atoms with van der Waals surface area (Å²) in [6.07, 6.45) is 4.10. The number of carboxylic acids is 1. The average molecular weight is 224 g/mol. The van der Waals surface area contributed by atoms with Crippen molar-refractivity contribution in [1.82, 2.24) is 9.97 Å². The zero-order chi connectivity index (χ0) is 12.1. The van der Waals surface area contributed by atoms with Crippen molar-refractivity contribution in [1.29, 1.82) is 0 Å². The van der Waals surface area contributed by atoms with Crippen LogP contribution in [0.1, 0.15) is 6.92 Å². The van der Waals surface area contributed by atoms with Crippen molar-refractivity contribution in [2.75, 3.05) is 11.4 Å². The Kier molecular flexibility index (Phi) is 3.76. The molecule has 0 bridgehead atoms. The van der Waals surface area contributed by atoms with E-state index in [2.05, 4.69) is 9.97 Å². The molecule has 86 valence electrons. The van der Waals surface area contributed by atoms with Crippen molar-refractivity contribution in [3.8, 4) is 0 Å². The first-order chi connectivity index (χ1) is 7.52. The molecular formula is C9H12N4O3. The Morgan fingerprint density at radius 3 is 2.50 bits per heavy atom. The van der Waals surface area contributed by atoms with Crippen LogP contribution in [0.15, 0.2) is 18.7 Å². The number of urea groups is 1. The highest BCUT2D eigenvalue weighted by molar-refractivity contribution is 5.91. The lowest BCUT2D eigenvalue weighted by Crippen LogP contribution is -2.40. The van der Waals surface area contributed by atoms with Crippen LogP contribution in [-0.2, 0) is 4.79 Å². The van der Waals surface area contributed by atoms with Gasteiger partial charge in [-0.2, -0.15) is 0 Å². The zero-order valence-corrected chi connectivity index (χ0v) is 8.70. The summed E-state index contributed by atoms with van der Waals surface area (Å²) < 4.78 is 0. The van der Waals surface area contributed by atoms with E-state index < -0.39 is 17.9 Å². The summed E-state index contributed by atoms with van der Waals surface area (Å²) in [5.74, 6) is -1.71. The average Bonchev–Trinajstić information content (AvgIpc) is 2.26. The van der Waals surface area contributed by atoms with Crippen molar-refractivity contribution in [3.05, 3.63) is 18.7 Å². The van der Waals surface area contributed by atoms with Gasteiger partial charge in [0.2, 0.25) is 0 Å². The molecular weight excluding hydrogens is 212 g/mol. The fraction of sp³-hybridized carbons (Fsp3) is 0.333. The molecule has 0 aliphatic rings. The molecule has 0 fully saturated rings. The Balaban J connectivity index is 2.85. The molecule has 1 aromatic rings. The van der Waals surface area contributed by atoms with Gasteiger partial charge in [0.15, 0.2) is 0 Å². The van der Waals surface area contributed by atoms with E-state index in [0.29, 0.717) is 5.69 Å². The highest BCUT2D eigenvalue weighted by Gasteiger charge is 2.20. The van der Waals surface area contributed by atoms with E-state index in [-0.39, 0.29) is 6.54 Å². The summed E-state index contributed by atoms with van der Waals surface area (Å²) in [6, 6.07) is -0.733. The number of aromatic nitrogens is 2. The SMILES string of the molecule is CC(CN(C(N)=O)c1cncnc1)C(=O)O. The van der Waals surface area contributed by atoms with E-state index in [1.807, 2.05) is 0 Å². The van der Waals surface area contributed by atoms with E-state index in [1.54, 1.807) is 0 Å². The van der Waals surface area contributed by atoms with E-state index in [0.717, 1.165) is 4.90 Å². The van der Waals surface area contributed by atoms with Gasteiger partial charge in [-0.15, -0.1) is 0 Å². The molecule has 0 saturated heterocycles. The molecule has 3 N–H and O–H groups in total. The number of amides is 2. The summed E-state index contributed by atoms with van der Waals surface area (Å²) in [7, 11) is 0. The van der Waals surface area contributed by atoms with Crippen molar-refractivity contribution >= 4 is 17.7 Å². The van der Waals surface area contributed by atoms with Gasteiger partial charge in [0, 0.05) is 6.54 Å². The molecule has 1 heterocycles. The molecule has 0 saturated carbocycles. The van der Waals surface area contributed by atoms with E-state index in [9.17, 15) is 9.59 Å². The van der Waals surface area contributed by atoms with Crippen LogP contribution in [0.5, 0.6) is 0 Å². The quantitative estimate of drug-likeness (QED) is 0.752. The van der Waals surface area contributed by atoms with Gasteiger partial charge >= 0.3 is 12.0 Å². The van der Waals surface area contributed by atoms with Crippen LogP contribution in [0.4, 0.5) is 10.5 Å². The maximum Gasteiger partial charge on any atom is 0.319 e. The number of aliphatic carboxylic acids is 1. The minimum atomic E-state index is -0.997. The lowest BCUT2D eigenvalue weighted by atomic mass is 10.1. The first-order valence-corrected chi connectivity index (χ1v) is 4.57. The van der Waals surface area contributed by atoms with E-state index >= 15 is 0 Å². The molecule has 0 aliphatic heterocycles. The normalized spacial score (nSPS) is 11.8. The van der Waals surface area contributed by atoms with Crippen molar-refractivity contribution < 1.29 is 14.7 Å². The van der Waals surface area contributed by atoms with Gasteiger partial charge in [-0.3, -0.25) is 9.69 Å². The highest BCUT2D eigenvalue weighted by atomic mass is 16.4. The Bertz CT molecular complexity index is 382. The fourth-order valence-corrected chi connectivity index (χ4v) is 1.11. The maximum absolute atomic E-state index is 11.2. The molecule has 0 aliphatic carbocycles. The van der Waals surface area contributed by atoms with Crippen LogP contribution in [0.2, 0.25) is 0 Å². The predicted molar refractivity (Wildman–Crippen MR) is 55.8 cm³/mol. The molecule has 7 heteroatoms. The lowest BCUT2D eigenvalue weighted by molar-refractivity contribution is -0.140. The Labute approximate surface area is 91.9 Å². The van der Waals surface area contributed by atoms with Gasteiger partial charge in [-0.05, 0) is 0 Å². The third-order valence-electron chi connectivity index (χ3n) is 2.00. The summed E-state index contributed by atoms with van der Waals surface area (Å²) in [5, 5.41) is 8.75. The number of rotatable bonds is 4. The molecule has 16 heavy (non-hydrogen) atoms. The second-order valence-corrected chi connectivity index (χ2v) is 3.28. The van der Waals surface area contributed by atoms with Crippen LogP contribution >= 0.6 is 0 Å². The summed E-state index contributed by atoms with van der Waals surface area (Å²) in [4.78, 5) is 30.4. The summed E-state index contributed by atoms with van der Waals surface area (Å²) >= 11 is 0. The van der Waals surface area contributed by atoms with Gasteiger partial charge < -0.3 is 10.8 Å². The van der Waals surface area contributed by atoms with Crippen molar-refractivity contribution in [2.45, 2.75) is 6.92 Å². The Morgan fingerprint density at radius 1 is 1.50 bits per heavy atom. The molecule has 1 aromatic heterocycles. The number of carboxylic acid groups (broad SMARTS) is 1. The molecule has 7 nitrogen and oxygen atoms in total. The van der Waals surface area contributed by atoms with Crippen molar-refractivity contribution in [2.24, 2.45) is 11.7 Å². The number of hydrogen-bond acceptors (Lipinski definition) is 4. The van der Waals surface area contributed by atoms with Crippen LogP contribution < -0.4 is 10.6 Å². The maximum atomic E-state index is 11.2. The minimum absolute atomic E-state index is 0.0158. The second kappa shape index (κ2) is 5.06. The van der Waals surface area contributed by atoms with Crippen LogP contribution in [0.3, 0.4) is 0 Å². The van der Waals surface area contributed by atoms with Crippen LogP contribution in [0, 0.1) is 5.92 Å². The third kappa shape index (κ3) is 2.91. The number of anilines is 1. The summed E-state index contributed by atoms with van der Waals surface area (Å²) in [6.45, 7) is 1.47. The minimum Gasteiger partial charge on any atom is -0.481 e. The fourth-order valence-electron chi connectivity index (χ4n) is 1.11. The Morgan fingerprint density at radius 2 is 2.06 bits per heavy atom. The highest BCUT2D eigenvalue weighted by Crippen LogP contribution is 2.12. The van der Waals surface area contributed by atoms with Crippen molar-refractivity contribution in [3.63, 3.8) is 0 Å². The second-order valence-electron chi connectivity index (χ2n) is 3.28. The first-order valence-electron chi connectivity index (χ1n) is 4.57. The molecule has 0 radical (unpaired) electrons. The van der Waals surface area contributed by atoms with Gasteiger partial charge in [0.1, 0.15) is 6.33 Å². The zero-order valence-electron chi connectivity index (χ0n) is 8.70. The van der Waals surface area contributed by atoms with Gasteiger partial charge in [-0.1, -0.05) is 6.92 Å². The van der Waals surface area contributed by atoms with Gasteiger partial charge in [-0.25, -0.2) is 14.8 Å². The van der Waals surface area contributed by atoms with Crippen LogP contribution in [-0.4, -0.2) is 33.6 Å². The van der Waals surface area contributed by atoms with Gasteiger partial charge in [0.25, 0.3) is 0 Å². The summed E-state index contributed by atoms with van der Waals surface area (Å²) in [5.41, 5.74) is 5.53. The number of nitrogens with two attached hydrogens (primary N) is 1. The third-order valence-corrected chi connectivity index (χ3v) is 2.00. The first kappa shape index (κ1) is 11.9. The molecule has 1 atom stereocenters. The van der Waals surface area contributed by atoms with Gasteiger partial charge in [0.05, 0.1) is 24.0 Å². The Hall–Kier alpha value is -2.18. The number of hydrogen-bond donors (Lipinski definition) is 2. The number of primary amides is 1. The molecule has 1 unspecified atom stereocenters. The number of carbonyl (C=O) groups excluding carboxylic acids is 1. The van der Waals surface area contributed by atoms with E-state index in [1.165, 1.54) is 25.6 Å². The van der Waals surface area contributed by atoms with E-state index in [4.69, 9.17) is 10.8 Å². The van der Waals surface area contributed by atoms with Crippen LogP contribution in [0.25, 0.3) is 0 Å². The number of nitrogens with zero attached hydrogens (tertiary/aromatic N) is 3. The molecule has 0 aromatic carbocycles. The lowest BCUT2D eigenvalue weighted by Gasteiger charge is -2.21. The predicted octanol–water partition coefficient (Wildman–Crippen LogP) is 0.0824. The molecule has 1 rings (SSSR count). The molecule has 2 amide bonds.